The van der Waals surface area contributed by atoms with E-state index >= 15 is 0 Å². The van der Waals surface area contributed by atoms with E-state index in [1.807, 2.05) is 72.8 Å². The number of aromatic nitrogens is 3. The molecule has 0 aliphatic carbocycles. The van der Waals surface area contributed by atoms with Crippen LogP contribution in [0, 0.1) is 0 Å². The van der Waals surface area contributed by atoms with Gasteiger partial charge in [-0.25, -0.2) is 9.97 Å². The van der Waals surface area contributed by atoms with Gasteiger partial charge >= 0.3 is 0 Å². The Morgan fingerprint density at radius 1 is 0.903 bits per heavy atom. The van der Waals surface area contributed by atoms with Gasteiger partial charge < -0.3 is 4.42 Å². The first-order chi connectivity index (χ1) is 15.2. The summed E-state index contributed by atoms with van der Waals surface area (Å²) in [5.74, 6) is 1.20. The van der Waals surface area contributed by atoms with E-state index in [9.17, 15) is 4.79 Å². The molecule has 0 unspecified atom stereocenters. The molecule has 0 amide bonds. The first kappa shape index (κ1) is 19.8. The lowest BCUT2D eigenvalue weighted by Gasteiger charge is -2.03. The minimum atomic E-state index is -0.121. The molecule has 2 aromatic carbocycles. The molecule has 0 saturated heterocycles. The molecule has 3 aromatic heterocycles. The Morgan fingerprint density at radius 2 is 1.61 bits per heavy atom. The van der Waals surface area contributed by atoms with E-state index < -0.39 is 0 Å². The predicted octanol–water partition coefficient (Wildman–Crippen LogP) is 6.07. The third-order valence-corrected chi connectivity index (χ3v) is 6.04. The Kier molecular flexibility index (Phi) is 5.44. The average Bonchev–Trinajstić information content (AvgIpc) is 3.24. The molecule has 0 radical (unpaired) electrons. The number of fused-ring (bicyclic) bond motifs is 1. The topological polar surface area (TPSA) is 60.4 Å². The molecule has 5 rings (SSSR count). The van der Waals surface area contributed by atoms with Gasteiger partial charge in [0.15, 0.2) is 5.76 Å². The summed E-state index contributed by atoms with van der Waals surface area (Å²) in [5.41, 5.74) is 3.92. The lowest BCUT2D eigenvalue weighted by atomic mass is 10.1. The Hall–Kier alpha value is -3.16. The van der Waals surface area contributed by atoms with Crippen LogP contribution < -0.4 is 5.56 Å². The van der Waals surface area contributed by atoms with Crippen LogP contribution in [0.1, 0.15) is 5.69 Å². The molecule has 0 saturated carbocycles. The van der Waals surface area contributed by atoms with Crippen molar-refractivity contribution in [1.82, 2.24) is 14.4 Å². The van der Waals surface area contributed by atoms with Gasteiger partial charge in [-0.3, -0.25) is 9.20 Å². The van der Waals surface area contributed by atoms with Gasteiger partial charge in [-0.2, -0.15) is 0 Å². The highest BCUT2D eigenvalue weighted by Crippen LogP contribution is 2.36. The molecule has 152 valence electrons. The fourth-order valence-electron chi connectivity index (χ4n) is 3.27. The van der Waals surface area contributed by atoms with Gasteiger partial charge in [0, 0.05) is 33.6 Å². The molecule has 0 N–H and O–H groups in total. The van der Waals surface area contributed by atoms with Gasteiger partial charge in [-0.15, -0.1) is 0 Å². The molecular formula is C24H16BrN3O2S. The molecule has 0 aliphatic heterocycles. The summed E-state index contributed by atoms with van der Waals surface area (Å²) in [6.45, 7) is 0. The van der Waals surface area contributed by atoms with Crippen LogP contribution in [0.5, 0.6) is 0 Å². The van der Waals surface area contributed by atoms with Gasteiger partial charge in [0.25, 0.3) is 10.8 Å². The zero-order valence-electron chi connectivity index (χ0n) is 16.2. The summed E-state index contributed by atoms with van der Waals surface area (Å²) >= 11 is 4.80. The Bertz CT molecular complexity index is 1360. The minimum Gasteiger partial charge on any atom is -0.431 e. The first-order valence-electron chi connectivity index (χ1n) is 9.60. The van der Waals surface area contributed by atoms with Crippen LogP contribution in [-0.4, -0.2) is 14.4 Å². The number of hydrogen-bond acceptors (Lipinski definition) is 5. The fraction of sp³-hybridized carbons (Fsp3) is 0.0417. The second-order valence-electron chi connectivity index (χ2n) is 6.84. The quantitative estimate of drug-likeness (QED) is 0.280. The minimum absolute atomic E-state index is 0.121. The van der Waals surface area contributed by atoms with Gasteiger partial charge in [-0.05, 0) is 28.1 Å². The number of oxazole rings is 1. The number of nitrogens with zero attached hydrogens (tertiary/aromatic N) is 3. The van der Waals surface area contributed by atoms with Crippen LogP contribution in [0.3, 0.4) is 0 Å². The molecule has 7 heteroatoms. The van der Waals surface area contributed by atoms with Gasteiger partial charge in [0.2, 0.25) is 0 Å². The molecule has 3 heterocycles. The van der Waals surface area contributed by atoms with Crippen molar-refractivity contribution in [2.24, 2.45) is 0 Å². The number of benzene rings is 2. The molecule has 0 fully saturated rings. The SMILES string of the molecule is O=c1cc(CSc2nc(-c3ccccc3)c(-c3ccccc3)o2)nc2ccc(Br)cn12. The van der Waals surface area contributed by atoms with Crippen molar-refractivity contribution < 1.29 is 4.42 Å². The van der Waals surface area contributed by atoms with Crippen LogP contribution in [0.2, 0.25) is 0 Å². The second kappa shape index (κ2) is 8.53. The van der Waals surface area contributed by atoms with Crippen LogP contribution >= 0.6 is 27.7 Å². The van der Waals surface area contributed by atoms with Gasteiger partial charge in [-0.1, -0.05) is 72.4 Å². The summed E-state index contributed by atoms with van der Waals surface area (Å²) < 4.78 is 8.49. The zero-order chi connectivity index (χ0) is 21.2. The maximum atomic E-state index is 12.4. The molecule has 0 aliphatic rings. The highest BCUT2D eigenvalue weighted by atomic mass is 79.9. The van der Waals surface area contributed by atoms with Crippen molar-refractivity contribution in [3.05, 3.63) is 106 Å². The van der Waals surface area contributed by atoms with Crippen LogP contribution in [0.25, 0.3) is 28.2 Å². The van der Waals surface area contributed by atoms with Crippen molar-refractivity contribution in [3.63, 3.8) is 0 Å². The Labute approximate surface area is 190 Å². The van der Waals surface area contributed by atoms with E-state index in [4.69, 9.17) is 9.40 Å². The lowest BCUT2D eigenvalue weighted by Crippen LogP contribution is -2.15. The second-order valence-corrected chi connectivity index (χ2v) is 8.68. The first-order valence-corrected chi connectivity index (χ1v) is 11.4. The van der Waals surface area contributed by atoms with Crippen LogP contribution in [0.4, 0.5) is 0 Å². The molecule has 0 spiro atoms. The van der Waals surface area contributed by atoms with E-state index in [1.165, 1.54) is 16.2 Å². The van der Waals surface area contributed by atoms with Crippen molar-refractivity contribution >= 4 is 33.3 Å². The smallest absolute Gasteiger partial charge is 0.258 e. The monoisotopic (exact) mass is 489 g/mol. The standard InChI is InChI=1S/C24H16BrN3O2S/c25-18-11-12-20-26-19(13-21(29)28(20)14-18)15-31-24-27-22(16-7-3-1-4-8-16)23(30-24)17-9-5-2-6-10-17/h1-14H,15H2. The van der Waals surface area contributed by atoms with Crippen molar-refractivity contribution in [2.45, 2.75) is 11.0 Å². The number of thioether (sulfide) groups is 1. The van der Waals surface area contributed by atoms with Gasteiger partial charge in [0.05, 0.1) is 5.69 Å². The third-order valence-electron chi connectivity index (χ3n) is 4.71. The molecule has 5 nitrogen and oxygen atoms in total. The fourth-order valence-corrected chi connectivity index (χ4v) is 4.33. The molecule has 0 atom stereocenters. The lowest BCUT2D eigenvalue weighted by molar-refractivity contribution is 0.466. The maximum Gasteiger partial charge on any atom is 0.258 e. The third kappa shape index (κ3) is 4.19. The predicted molar refractivity (Wildman–Crippen MR) is 126 cm³/mol. The summed E-state index contributed by atoms with van der Waals surface area (Å²) in [4.78, 5) is 21.8. The summed E-state index contributed by atoms with van der Waals surface area (Å²) in [6, 6.07) is 25.1. The van der Waals surface area contributed by atoms with Crippen LogP contribution in [0.15, 0.2) is 104 Å². The van der Waals surface area contributed by atoms with E-state index in [-0.39, 0.29) is 5.56 Å². The average molecular weight is 490 g/mol. The zero-order valence-corrected chi connectivity index (χ0v) is 18.6. The van der Waals surface area contributed by atoms with Crippen molar-refractivity contribution in [2.75, 3.05) is 0 Å². The van der Waals surface area contributed by atoms with Crippen LogP contribution in [-0.2, 0) is 5.75 Å². The largest absolute Gasteiger partial charge is 0.431 e. The Morgan fingerprint density at radius 3 is 2.35 bits per heavy atom. The van der Waals surface area contributed by atoms with Gasteiger partial charge in [0.1, 0.15) is 11.3 Å². The molecule has 0 bridgehead atoms. The summed E-state index contributed by atoms with van der Waals surface area (Å²) in [6.07, 6.45) is 1.72. The number of halogens is 1. The van der Waals surface area contributed by atoms with Crippen molar-refractivity contribution in [1.29, 1.82) is 0 Å². The molecule has 31 heavy (non-hydrogen) atoms. The van der Waals surface area contributed by atoms with E-state index in [2.05, 4.69) is 20.9 Å². The summed E-state index contributed by atoms with van der Waals surface area (Å²) in [5, 5.41) is 0.538. The highest BCUT2D eigenvalue weighted by molar-refractivity contribution is 9.10. The van der Waals surface area contributed by atoms with E-state index in [0.29, 0.717) is 22.3 Å². The number of rotatable bonds is 5. The Balaban J connectivity index is 1.47. The molecule has 5 aromatic rings. The maximum absolute atomic E-state index is 12.4. The highest BCUT2D eigenvalue weighted by Gasteiger charge is 2.17. The number of hydrogen-bond donors (Lipinski definition) is 0. The number of pyridine rings is 1. The van der Waals surface area contributed by atoms with Crippen molar-refractivity contribution in [3.8, 4) is 22.6 Å². The normalized spacial score (nSPS) is 11.1. The van der Waals surface area contributed by atoms with E-state index in [1.54, 1.807) is 12.3 Å². The molecular weight excluding hydrogens is 474 g/mol. The summed E-state index contributed by atoms with van der Waals surface area (Å²) in [7, 11) is 0. The van der Waals surface area contributed by atoms with E-state index in [0.717, 1.165) is 27.1 Å².